The Hall–Kier alpha value is -1.74. The normalized spacial score (nSPS) is 12.9. The van der Waals surface area contributed by atoms with E-state index < -0.39 is 0 Å². The van der Waals surface area contributed by atoms with Crippen LogP contribution in [-0.2, 0) is 84.3 Å². The maximum atomic E-state index is 5.97. The molecular formula is C60H105F3O6S3. The molecule has 6 nitrogen and oxygen atoms in total. The van der Waals surface area contributed by atoms with Gasteiger partial charge in [0.05, 0.1) is 73.2 Å². The number of rotatable bonds is 12. The van der Waals surface area contributed by atoms with Crippen LogP contribution in [0.15, 0.2) is 51.1 Å². The van der Waals surface area contributed by atoms with E-state index in [1.807, 2.05) is 0 Å². The molecule has 0 fully saturated rings. The zero-order valence-corrected chi connectivity index (χ0v) is 52.9. The molecule has 0 aromatic heterocycles. The summed E-state index contributed by atoms with van der Waals surface area (Å²) in [4.78, 5) is 2.93. The Morgan fingerprint density at radius 2 is 0.361 bits per heavy atom. The highest BCUT2D eigenvalue weighted by Crippen LogP contribution is 2.35. The van der Waals surface area contributed by atoms with Gasteiger partial charge in [0.2, 0.25) is 0 Å². The summed E-state index contributed by atoms with van der Waals surface area (Å²) >= 11 is 14.3. The van der Waals surface area contributed by atoms with Crippen LogP contribution in [-0.4, -0.2) is 33.6 Å². The second-order valence-electron chi connectivity index (χ2n) is 27.6. The maximum Gasteiger partial charge on any atom is 0.0734 e. The summed E-state index contributed by atoms with van der Waals surface area (Å²) < 4.78 is 35.8. The fourth-order valence-electron chi connectivity index (χ4n) is 6.00. The molecule has 0 spiro atoms. The molecule has 0 aliphatic rings. The first-order valence-corrected chi connectivity index (χ1v) is 26.3. The van der Waals surface area contributed by atoms with Crippen molar-refractivity contribution >= 4 is 37.9 Å². The van der Waals surface area contributed by atoms with Crippen LogP contribution in [0.5, 0.6) is 0 Å². The minimum absolute atomic E-state index is 0. The van der Waals surface area contributed by atoms with Crippen molar-refractivity contribution in [3.05, 3.63) is 86.5 Å². The lowest BCUT2D eigenvalue weighted by molar-refractivity contribution is -0.0196. The van der Waals surface area contributed by atoms with Crippen molar-refractivity contribution in [2.75, 3.05) is 0 Å². The molecule has 72 heavy (non-hydrogen) atoms. The van der Waals surface area contributed by atoms with Crippen molar-refractivity contribution in [2.24, 2.45) is 0 Å². The molecule has 0 bridgehead atoms. The lowest BCUT2D eigenvalue weighted by Crippen LogP contribution is -2.21. The highest BCUT2D eigenvalue weighted by atomic mass is 32.1. The molecule has 420 valence electrons. The zero-order valence-electron chi connectivity index (χ0n) is 50.2. The molecule has 0 aliphatic heterocycles. The number of benzene rings is 3. The van der Waals surface area contributed by atoms with E-state index in [1.165, 1.54) is 16.7 Å². The van der Waals surface area contributed by atoms with E-state index in [4.69, 9.17) is 66.3 Å². The van der Waals surface area contributed by atoms with Gasteiger partial charge in [-0.05, 0) is 191 Å². The average molecular weight is 1080 g/mol. The number of hydrogen-bond acceptors (Lipinski definition) is 9. The van der Waals surface area contributed by atoms with Crippen LogP contribution in [0.2, 0.25) is 0 Å². The molecule has 0 saturated carbocycles. The SMILES string of the molecule is CC(C)(C)OCc1cc(C(C)(C)C)cc(COC(C)(C)C)c1S.CC(C)(C)OCc1cc(C(C)(C)C)cc(COC(C)(C)C)c1S.CC(C)(C)OCc1cc(C(C)(C)C)cc(COC(C)(C)C)c1S.F.F.F. The molecule has 3 aromatic rings. The standard InChI is InChI=1S/3C20H34O2S.3FH/c3*1-18(2,3)16-10-14(12-21-19(4,5)6)17(23)15(11-16)13-22-20(7,8)9;;;/h3*10-11,23H,12-13H2,1-9H3;3*1H. The van der Waals surface area contributed by atoms with Crippen molar-refractivity contribution in [1.29, 1.82) is 0 Å². The van der Waals surface area contributed by atoms with Crippen LogP contribution >= 0.6 is 37.9 Å². The Labute approximate surface area is 455 Å². The van der Waals surface area contributed by atoms with E-state index in [9.17, 15) is 0 Å². The van der Waals surface area contributed by atoms with Gasteiger partial charge in [-0.3, -0.25) is 14.1 Å². The van der Waals surface area contributed by atoms with E-state index in [2.05, 4.69) is 223 Å². The van der Waals surface area contributed by atoms with Crippen LogP contribution in [0.1, 0.15) is 237 Å². The second-order valence-corrected chi connectivity index (χ2v) is 28.9. The van der Waals surface area contributed by atoms with Crippen molar-refractivity contribution < 1.29 is 42.5 Å². The predicted octanol–water partition coefficient (Wildman–Crippen LogP) is 18.2. The molecular weight excluding hydrogens is 970 g/mol. The third kappa shape index (κ3) is 30.7. The van der Waals surface area contributed by atoms with Gasteiger partial charge in [0.15, 0.2) is 0 Å². The molecule has 0 N–H and O–H groups in total. The van der Waals surface area contributed by atoms with E-state index in [1.54, 1.807) is 0 Å². The third-order valence-electron chi connectivity index (χ3n) is 10.4. The second kappa shape index (κ2) is 28.6. The Kier molecular flexibility index (Phi) is 29.6. The first-order valence-electron chi connectivity index (χ1n) is 25.0. The molecule has 0 saturated heterocycles. The summed E-state index contributed by atoms with van der Waals surface area (Å²) in [5.41, 5.74) is 9.86. The lowest BCUT2D eigenvalue weighted by Gasteiger charge is -2.26. The van der Waals surface area contributed by atoms with Crippen LogP contribution < -0.4 is 0 Å². The van der Waals surface area contributed by atoms with Crippen molar-refractivity contribution in [2.45, 2.75) is 291 Å². The summed E-state index contributed by atoms with van der Waals surface area (Å²) in [6.45, 7) is 60.7. The van der Waals surface area contributed by atoms with E-state index in [0.29, 0.717) is 39.6 Å². The van der Waals surface area contributed by atoms with Gasteiger partial charge >= 0.3 is 0 Å². The van der Waals surface area contributed by atoms with Gasteiger partial charge < -0.3 is 28.4 Å². The van der Waals surface area contributed by atoms with E-state index in [0.717, 1.165) is 48.1 Å². The highest BCUT2D eigenvalue weighted by Gasteiger charge is 2.24. The lowest BCUT2D eigenvalue weighted by atomic mass is 9.85. The summed E-state index contributed by atoms with van der Waals surface area (Å²) in [5, 5.41) is 0. The van der Waals surface area contributed by atoms with E-state index >= 15 is 0 Å². The van der Waals surface area contributed by atoms with Gasteiger partial charge in [-0.2, -0.15) is 0 Å². The molecule has 3 rings (SSSR count). The molecule has 0 aliphatic carbocycles. The maximum absolute atomic E-state index is 5.97. The number of halogens is 3. The van der Waals surface area contributed by atoms with Gasteiger partial charge in [-0.1, -0.05) is 98.7 Å². The van der Waals surface area contributed by atoms with Crippen molar-refractivity contribution in [3.8, 4) is 0 Å². The summed E-state index contributed by atoms with van der Waals surface area (Å²) in [7, 11) is 0. The third-order valence-corrected chi connectivity index (χ3v) is 12.1. The number of hydrogen-bond donors (Lipinski definition) is 3. The monoisotopic (exact) mass is 1070 g/mol. The molecule has 0 atom stereocenters. The highest BCUT2D eigenvalue weighted by molar-refractivity contribution is 7.80. The fourth-order valence-corrected chi connectivity index (χ4v) is 6.78. The molecule has 12 heteroatoms. The fraction of sp³-hybridized carbons (Fsp3) is 0.700. The smallest absolute Gasteiger partial charge is 0.0734 e. The topological polar surface area (TPSA) is 55.4 Å². The van der Waals surface area contributed by atoms with Gasteiger partial charge in [-0.15, -0.1) is 37.9 Å². The average Bonchev–Trinajstić information content (AvgIpc) is 3.12. The van der Waals surface area contributed by atoms with Gasteiger partial charge in [0.1, 0.15) is 0 Å². The zero-order chi connectivity index (χ0) is 54.2. The van der Waals surface area contributed by atoms with E-state index in [-0.39, 0.29) is 64.0 Å². The van der Waals surface area contributed by atoms with Crippen LogP contribution in [0.3, 0.4) is 0 Å². The van der Waals surface area contributed by atoms with Crippen LogP contribution in [0.25, 0.3) is 0 Å². The Morgan fingerprint density at radius 1 is 0.250 bits per heavy atom. The molecule has 0 amide bonds. The van der Waals surface area contributed by atoms with Crippen molar-refractivity contribution in [1.82, 2.24) is 0 Å². The Bertz CT molecular complexity index is 1720. The molecule has 0 unspecified atom stereocenters. The minimum Gasteiger partial charge on any atom is -0.371 e. The Balaban J connectivity index is -0.000000972. The number of thiol groups is 3. The van der Waals surface area contributed by atoms with Crippen LogP contribution in [0.4, 0.5) is 14.1 Å². The quantitative estimate of drug-likeness (QED) is 0.157. The first-order chi connectivity index (χ1) is 30.6. The molecule has 3 aromatic carbocycles. The molecule has 0 heterocycles. The van der Waals surface area contributed by atoms with Gasteiger partial charge in [0, 0.05) is 14.7 Å². The van der Waals surface area contributed by atoms with Gasteiger partial charge in [-0.25, -0.2) is 0 Å². The molecule has 0 radical (unpaired) electrons. The number of ether oxygens (including phenoxy) is 6. The predicted molar refractivity (Wildman–Crippen MR) is 312 cm³/mol. The first kappa shape index (κ1) is 74.5. The largest absolute Gasteiger partial charge is 0.371 e. The van der Waals surface area contributed by atoms with Crippen LogP contribution in [0, 0.1) is 0 Å². The van der Waals surface area contributed by atoms with Crippen molar-refractivity contribution in [3.63, 3.8) is 0 Å². The summed E-state index contributed by atoms with van der Waals surface area (Å²) in [5.74, 6) is 0. The summed E-state index contributed by atoms with van der Waals surface area (Å²) in [6, 6.07) is 13.3. The Morgan fingerprint density at radius 3 is 0.444 bits per heavy atom. The minimum atomic E-state index is -0.167. The van der Waals surface area contributed by atoms with Gasteiger partial charge in [0.25, 0.3) is 0 Å². The summed E-state index contributed by atoms with van der Waals surface area (Å²) in [6.07, 6.45) is 0.